The minimum Gasteiger partial charge on any atom is -0.0776 e. The largest absolute Gasteiger partial charge is 0.0776 e. The summed E-state index contributed by atoms with van der Waals surface area (Å²) in [6.07, 6.45) is 0. The third-order valence-corrected chi connectivity index (χ3v) is 0. The van der Waals surface area contributed by atoms with Crippen LogP contribution in [0.2, 0.25) is 0 Å². The average molecular weight is 152 g/mol. The maximum Gasteiger partial charge on any atom is 0 e. The molecule has 0 saturated heterocycles. The molecule has 72 valence electrons. The van der Waals surface area contributed by atoms with Gasteiger partial charge in [0.2, 0.25) is 0 Å². The molecule has 0 heteroatoms. The summed E-state index contributed by atoms with van der Waals surface area (Å²) in [4.78, 5) is 0. The molecule has 0 bridgehead atoms. The predicted molar refractivity (Wildman–Crippen MR) is 60.3 cm³/mol. The first-order valence-corrected chi connectivity index (χ1v) is 0. The van der Waals surface area contributed by atoms with Crippen molar-refractivity contribution in [1.82, 2.24) is 0 Å². The van der Waals surface area contributed by atoms with Crippen molar-refractivity contribution in [3.63, 3.8) is 0 Å². The van der Waals surface area contributed by atoms with E-state index in [1.807, 2.05) is 0 Å². The van der Waals surface area contributed by atoms with Gasteiger partial charge in [-0.1, -0.05) is 59.4 Å². The molecule has 10 heavy (non-hydrogen) atoms. The smallest absolute Gasteiger partial charge is 0 e. The zero-order valence-electron chi connectivity index (χ0n) is 1.00. The highest BCUT2D eigenvalue weighted by Gasteiger charge is 0.00122. The standard InChI is InChI=1S/8CH4.2C/h8*1H4;;. The van der Waals surface area contributed by atoms with Crippen molar-refractivity contribution >= 4 is 0 Å². The summed E-state index contributed by atoms with van der Waals surface area (Å²) in [5, 5.41) is 0. The molecule has 0 N–H and O–H groups in total. The first-order valence-electron chi connectivity index (χ1n) is 0. The van der Waals surface area contributed by atoms with Crippen molar-refractivity contribution in [2.75, 3.05) is 0 Å². The van der Waals surface area contributed by atoms with Crippen LogP contribution in [0, 0.1) is 14.9 Å². The topological polar surface area (TPSA) is 0 Å². The van der Waals surface area contributed by atoms with Crippen LogP contribution in [-0.4, -0.2) is 0 Å². The van der Waals surface area contributed by atoms with E-state index in [1.165, 1.54) is 0 Å². The van der Waals surface area contributed by atoms with Gasteiger partial charge in [0.15, 0.2) is 0 Å². The lowest BCUT2D eigenvalue weighted by atomic mass is 12.0. The normalized spacial score (nSPS) is 0. The lowest BCUT2D eigenvalue weighted by molar-refractivity contribution is 2.50. The summed E-state index contributed by atoms with van der Waals surface area (Å²) in [5.74, 6) is 0. The van der Waals surface area contributed by atoms with E-state index >= 15 is 0 Å². The monoisotopic (exact) mass is 152 g/mol. The Labute approximate surface area is 75.1 Å². The second-order valence-corrected chi connectivity index (χ2v) is 0. The number of hydrogen-bond acceptors (Lipinski definition) is 0. The molecule has 0 fully saturated rings. The first-order chi connectivity index (χ1) is 0. The molecule has 0 aliphatic heterocycles. The summed E-state index contributed by atoms with van der Waals surface area (Å²) in [6, 6.07) is 0. The summed E-state index contributed by atoms with van der Waals surface area (Å²) in [7, 11) is 0. The fourth-order valence-corrected chi connectivity index (χ4v) is 0. The molecule has 0 aliphatic rings. The van der Waals surface area contributed by atoms with Crippen LogP contribution < -0.4 is 0 Å². The SMILES string of the molecule is C.C.C.C.C.C.C.C.[C].[C]. The van der Waals surface area contributed by atoms with Gasteiger partial charge in [-0.05, 0) is 0 Å². The molecule has 0 atom stereocenters. The molecule has 0 unspecified atom stereocenters. The van der Waals surface area contributed by atoms with Crippen molar-refractivity contribution in [2.24, 2.45) is 0 Å². The van der Waals surface area contributed by atoms with E-state index in [4.69, 9.17) is 0 Å². The Kier molecular flexibility index (Phi) is 0. The van der Waals surface area contributed by atoms with Gasteiger partial charge in [0.1, 0.15) is 0 Å². The number of hydrogen-bond donors (Lipinski definition) is 0. The maximum atomic E-state index is 0. The highest BCUT2D eigenvalue weighted by atomic mass is 12.0. The predicted octanol–water partition coefficient (Wildman–Crippen LogP) is 5.25. The van der Waals surface area contributed by atoms with E-state index in [-0.39, 0.29) is 74.3 Å². The minimum absolute atomic E-state index is 0. The van der Waals surface area contributed by atoms with Crippen LogP contribution >= 0.6 is 0 Å². The first kappa shape index (κ1) is 0. The van der Waals surface area contributed by atoms with Gasteiger partial charge < -0.3 is 0 Å². The van der Waals surface area contributed by atoms with Crippen molar-refractivity contribution in [3.8, 4) is 0 Å². The van der Waals surface area contributed by atoms with Crippen LogP contribution in [0.1, 0.15) is 59.4 Å². The van der Waals surface area contributed by atoms with Gasteiger partial charge in [-0.2, -0.15) is 0 Å². The van der Waals surface area contributed by atoms with E-state index in [1.54, 1.807) is 0 Å². The highest BCUT2D eigenvalue weighted by Crippen LogP contribution is 0.151. The number of rotatable bonds is 0. The van der Waals surface area contributed by atoms with Crippen LogP contribution in [0.15, 0.2) is 0 Å². The van der Waals surface area contributed by atoms with E-state index in [0.717, 1.165) is 0 Å². The van der Waals surface area contributed by atoms with Gasteiger partial charge in [0, 0.05) is 14.9 Å². The molecule has 0 aromatic heterocycles. The Morgan fingerprint density at radius 1 is 0.200 bits per heavy atom. The Bertz CT molecular complexity index is 0. The molecule has 0 spiro atoms. The quantitative estimate of drug-likeness (QED) is 0.444. The van der Waals surface area contributed by atoms with Crippen LogP contribution in [0.4, 0.5) is 0 Å². The van der Waals surface area contributed by atoms with Gasteiger partial charge in [-0.25, -0.2) is 0 Å². The van der Waals surface area contributed by atoms with E-state index in [2.05, 4.69) is 0 Å². The van der Waals surface area contributed by atoms with Crippen molar-refractivity contribution in [1.29, 1.82) is 0 Å². The van der Waals surface area contributed by atoms with Crippen LogP contribution in [0.3, 0.4) is 0 Å². The van der Waals surface area contributed by atoms with Crippen molar-refractivity contribution in [2.45, 2.75) is 59.4 Å². The Morgan fingerprint density at radius 3 is 0.200 bits per heavy atom. The molecule has 0 heterocycles. The molecule has 0 saturated carbocycles. The third-order valence-electron chi connectivity index (χ3n) is 0. The third kappa shape index (κ3) is 0. The highest BCUT2D eigenvalue weighted by molar-refractivity contribution is 3.24. The molecule has 0 aliphatic carbocycles. The summed E-state index contributed by atoms with van der Waals surface area (Å²) in [6.45, 7) is 0. The second kappa shape index (κ2) is 0. The van der Waals surface area contributed by atoms with E-state index in [9.17, 15) is 0 Å². The fraction of sp³-hybridized carbons (Fsp3) is 0.800. The van der Waals surface area contributed by atoms with E-state index < -0.39 is 0 Å². The Hall–Kier alpha value is 0. The average Bonchev–Trinajstić information content (AvgIpc) is 0. The zero-order valence-corrected chi connectivity index (χ0v) is 1.00. The second-order valence-electron chi connectivity index (χ2n) is 0. The summed E-state index contributed by atoms with van der Waals surface area (Å²) < 4.78 is 0. The van der Waals surface area contributed by atoms with Crippen LogP contribution in [0.25, 0.3) is 0 Å². The minimum atomic E-state index is 0. The molecule has 0 aromatic rings. The van der Waals surface area contributed by atoms with Crippen molar-refractivity contribution < 1.29 is 0 Å². The van der Waals surface area contributed by atoms with Gasteiger partial charge in [0.25, 0.3) is 0 Å². The lowest BCUT2D eigenvalue weighted by Gasteiger charge is -0.0786. The summed E-state index contributed by atoms with van der Waals surface area (Å²) in [5.41, 5.74) is 0. The summed E-state index contributed by atoms with van der Waals surface area (Å²) >= 11 is 0. The molecule has 0 rings (SSSR count). The molecule has 8 radical (unpaired) electrons. The van der Waals surface area contributed by atoms with E-state index in [0.29, 0.717) is 0 Å². The zero-order chi connectivity index (χ0) is 0. The lowest BCUT2D eigenvalue weighted by Crippen LogP contribution is 0.0803. The van der Waals surface area contributed by atoms with Gasteiger partial charge in [-0.15, -0.1) is 0 Å². The van der Waals surface area contributed by atoms with Crippen LogP contribution in [0.5, 0.6) is 0 Å². The van der Waals surface area contributed by atoms with Crippen molar-refractivity contribution in [3.05, 3.63) is 14.9 Å². The van der Waals surface area contributed by atoms with Gasteiger partial charge in [0.05, 0.1) is 0 Å². The van der Waals surface area contributed by atoms with Crippen LogP contribution in [-0.2, 0) is 0 Å². The Morgan fingerprint density at radius 2 is 0.200 bits per heavy atom. The molecule has 0 amide bonds. The molecular formula is C10H32. The maximum absolute atomic E-state index is 0. The molecular weight excluding hydrogens is 120 g/mol. The fourth-order valence-electron chi connectivity index (χ4n) is 0. The van der Waals surface area contributed by atoms with Gasteiger partial charge >= 0.3 is 0 Å². The molecule has 0 aromatic carbocycles. The molecule has 0 nitrogen and oxygen atoms in total. The van der Waals surface area contributed by atoms with Gasteiger partial charge in [-0.3, -0.25) is 0 Å². The Balaban J connectivity index is 0.